The maximum Gasteiger partial charge on any atom is 0.333 e. The molecule has 2 aromatic rings. The predicted molar refractivity (Wildman–Crippen MR) is 114 cm³/mol. The molecule has 0 aliphatic carbocycles. The van der Waals surface area contributed by atoms with Gasteiger partial charge in [-0.15, -0.1) is 0 Å². The molecule has 0 saturated heterocycles. The van der Waals surface area contributed by atoms with Crippen molar-refractivity contribution in [1.29, 1.82) is 0 Å². The number of aromatic hydroxyl groups is 1. The molecule has 29 heavy (non-hydrogen) atoms. The van der Waals surface area contributed by atoms with Crippen LogP contribution in [0.15, 0.2) is 38.8 Å². The third kappa shape index (κ3) is 5.29. The van der Waals surface area contributed by atoms with E-state index in [2.05, 4.69) is 10.3 Å². The number of thioether (sulfide) groups is 1. The molecule has 1 amide bonds. The summed E-state index contributed by atoms with van der Waals surface area (Å²) in [7, 11) is 4.21. The van der Waals surface area contributed by atoms with Gasteiger partial charge in [0, 0.05) is 20.6 Å². The first-order chi connectivity index (χ1) is 13.8. The zero-order valence-corrected chi connectivity index (χ0v) is 17.6. The van der Waals surface area contributed by atoms with Gasteiger partial charge < -0.3 is 15.2 Å². The Morgan fingerprint density at radius 3 is 2.45 bits per heavy atom. The van der Waals surface area contributed by atoms with Gasteiger partial charge in [0.05, 0.1) is 18.6 Å². The molecule has 0 aliphatic rings. The number of amides is 1. The average molecular weight is 420 g/mol. The molecule has 10 heteroatoms. The molecule has 0 fully saturated rings. The summed E-state index contributed by atoms with van der Waals surface area (Å²) in [5.74, 6) is -0.0920. The standard InChI is InChI=1S/C19H24N4O5S/c1-5-10-20-14(24)11-29-16(21-12-6-8-13(28-4)9-7-12)15-17(25)22(2)19(27)23(3)18(15)26/h6-9,25H,5,10-11H2,1-4H3,(H,20,24). The van der Waals surface area contributed by atoms with Crippen molar-refractivity contribution in [2.75, 3.05) is 19.4 Å². The van der Waals surface area contributed by atoms with Gasteiger partial charge in [-0.05, 0) is 30.7 Å². The van der Waals surface area contributed by atoms with Crippen molar-refractivity contribution < 1.29 is 14.6 Å². The van der Waals surface area contributed by atoms with Crippen LogP contribution in [0, 0.1) is 0 Å². The fourth-order valence-corrected chi connectivity index (χ4v) is 3.27. The van der Waals surface area contributed by atoms with Crippen LogP contribution in [0.4, 0.5) is 5.69 Å². The smallest absolute Gasteiger partial charge is 0.333 e. The molecule has 0 bridgehead atoms. The van der Waals surface area contributed by atoms with Crippen LogP contribution in [0.1, 0.15) is 18.9 Å². The number of carbonyl (C=O) groups excluding carboxylic acids is 1. The van der Waals surface area contributed by atoms with Gasteiger partial charge in [0.25, 0.3) is 5.56 Å². The van der Waals surface area contributed by atoms with Crippen LogP contribution in [0.5, 0.6) is 11.6 Å². The lowest BCUT2D eigenvalue weighted by atomic mass is 10.3. The maximum absolute atomic E-state index is 12.7. The highest BCUT2D eigenvalue weighted by Gasteiger charge is 2.21. The second kappa shape index (κ2) is 9.97. The summed E-state index contributed by atoms with van der Waals surface area (Å²) in [6.45, 7) is 2.48. The zero-order chi connectivity index (χ0) is 21.6. The Morgan fingerprint density at radius 1 is 1.21 bits per heavy atom. The number of nitrogens with zero attached hydrogens (tertiary/aromatic N) is 3. The van der Waals surface area contributed by atoms with Crippen molar-refractivity contribution >= 4 is 28.4 Å². The van der Waals surface area contributed by atoms with Gasteiger partial charge in [0.15, 0.2) is 0 Å². The largest absolute Gasteiger partial charge is 0.497 e. The number of carbonyl (C=O) groups is 1. The van der Waals surface area contributed by atoms with Gasteiger partial charge in [-0.25, -0.2) is 9.79 Å². The number of hydrogen-bond acceptors (Lipinski definition) is 7. The quantitative estimate of drug-likeness (QED) is 0.513. The number of hydrogen-bond donors (Lipinski definition) is 2. The number of aliphatic imine (C=N–C) groups is 1. The van der Waals surface area contributed by atoms with E-state index in [1.54, 1.807) is 31.4 Å². The van der Waals surface area contributed by atoms with E-state index in [0.717, 1.165) is 27.3 Å². The minimum atomic E-state index is -0.695. The molecule has 0 aliphatic heterocycles. The molecule has 0 atom stereocenters. The predicted octanol–water partition coefficient (Wildman–Crippen LogP) is 1.14. The SMILES string of the molecule is CCCNC(=O)CSC(=Nc1ccc(OC)cc1)c1c(O)n(C)c(=O)n(C)c1=O. The van der Waals surface area contributed by atoms with Gasteiger partial charge in [0.1, 0.15) is 16.4 Å². The lowest BCUT2D eigenvalue weighted by molar-refractivity contribution is -0.118. The van der Waals surface area contributed by atoms with Crippen molar-refractivity contribution in [2.45, 2.75) is 13.3 Å². The molecule has 0 saturated carbocycles. The number of benzene rings is 1. The lowest BCUT2D eigenvalue weighted by Gasteiger charge is -2.12. The number of nitrogens with one attached hydrogen (secondary N) is 1. The minimum absolute atomic E-state index is 0.000420. The molecular weight excluding hydrogens is 396 g/mol. The average Bonchev–Trinajstić information content (AvgIpc) is 2.73. The summed E-state index contributed by atoms with van der Waals surface area (Å²) in [6, 6.07) is 6.77. The van der Waals surface area contributed by atoms with Gasteiger partial charge in [0.2, 0.25) is 11.8 Å². The zero-order valence-electron chi connectivity index (χ0n) is 16.8. The number of aromatic nitrogens is 2. The van der Waals surface area contributed by atoms with Crippen molar-refractivity contribution in [3.63, 3.8) is 0 Å². The van der Waals surface area contributed by atoms with E-state index in [1.165, 1.54) is 14.1 Å². The van der Waals surface area contributed by atoms with Crippen LogP contribution >= 0.6 is 11.8 Å². The molecular formula is C19H24N4O5S. The molecule has 2 N–H and O–H groups in total. The van der Waals surface area contributed by atoms with Gasteiger partial charge in [-0.3, -0.25) is 18.7 Å². The third-order valence-corrected chi connectivity index (χ3v) is 5.04. The first-order valence-electron chi connectivity index (χ1n) is 8.91. The van der Waals surface area contributed by atoms with E-state index in [0.29, 0.717) is 18.0 Å². The van der Waals surface area contributed by atoms with Gasteiger partial charge in [-0.2, -0.15) is 0 Å². The number of rotatable bonds is 7. The van der Waals surface area contributed by atoms with Gasteiger partial charge in [-0.1, -0.05) is 18.7 Å². The summed E-state index contributed by atoms with van der Waals surface area (Å²) in [5, 5.41) is 13.3. The van der Waals surface area contributed by atoms with Crippen molar-refractivity contribution in [2.24, 2.45) is 19.1 Å². The normalized spacial score (nSPS) is 11.4. The topological polar surface area (TPSA) is 115 Å². The van der Waals surface area contributed by atoms with Crippen molar-refractivity contribution in [3.8, 4) is 11.6 Å². The molecule has 0 unspecified atom stereocenters. The van der Waals surface area contributed by atoms with E-state index < -0.39 is 17.1 Å². The Kier molecular flexibility index (Phi) is 7.66. The van der Waals surface area contributed by atoms with Crippen molar-refractivity contribution in [1.82, 2.24) is 14.5 Å². The van der Waals surface area contributed by atoms with Crippen LogP contribution in [0.2, 0.25) is 0 Å². The Labute approximate surface area is 172 Å². The van der Waals surface area contributed by atoms with Crippen LogP contribution in [0.25, 0.3) is 0 Å². The Bertz CT molecular complexity index is 1020. The fraction of sp³-hybridized carbons (Fsp3) is 0.368. The number of methoxy groups -OCH3 is 1. The highest BCUT2D eigenvalue weighted by Crippen LogP contribution is 2.24. The Hall–Kier alpha value is -3.01. The number of ether oxygens (including phenoxy) is 1. The second-order valence-corrected chi connectivity index (χ2v) is 7.12. The lowest BCUT2D eigenvalue weighted by Crippen LogP contribution is -2.39. The molecule has 9 nitrogen and oxygen atoms in total. The molecule has 1 aromatic carbocycles. The molecule has 1 heterocycles. The maximum atomic E-state index is 12.7. The highest BCUT2D eigenvalue weighted by atomic mass is 32.2. The Morgan fingerprint density at radius 2 is 1.86 bits per heavy atom. The van der Waals surface area contributed by atoms with Gasteiger partial charge >= 0.3 is 5.69 Å². The van der Waals surface area contributed by atoms with Crippen LogP contribution in [-0.2, 0) is 18.9 Å². The second-order valence-electron chi connectivity index (χ2n) is 6.16. The van der Waals surface area contributed by atoms with Crippen LogP contribution in [0.3, 0.4) is 0 Å². The molecule has 1 aromatic heterocycles. The van der Waals surface area contributed by atoms with Crippen molar-refractivity contribution in [3.05, 3.63) is 50.7 Å². The first kappa shape index (κ1) is 22.3. The molecule has 0 spiro atoms. The third-order valence-electron chi connectivity index (χ3n) is 4.06. The first-order valence-corrected chi connectivity index (χ1v) is 9.90. The summed E-state index contributed by atoms with van der Waals surface area (Å²) in [6.07, 6.45) is 0.797. The van der Waals surface area contributed by atoms with Crippen LogP contribution in [-0.4, -0.2) is 44.6 Å². The summed E-state index contributed by atoms with van der Waals surface area (Å²) < 4.78 is 6.96. The molecule has 2 rings (SSSR count). The van der Waals surface area contributed by atoms with E-state index in [1.807, 2.05) is 6.92 Å². The van der Waals surface area contributed by atoms with E-state index in [9.17, 15) is 19.5 Å². The van der Waals surface area contributed by atoms with E-state index in [-0.39, 0.29) is 22.3 Å². The summed E-state index contributed by atoms with van der Waals surface area (Å²) >= 11 is 1.01. The monoisotopic (exact) mass is 420 g/mol. The van der Waals surface area contributed by atoms with E-state index in [4.69, 9.17) is 4.74 Å². The Balaban J connectivity index is 2.53. The van der Waals surface area contributed by atoms with Crippen LogP contribution < -0.4 is 21.3 Å². The summed E-state index contributed by atoms with van der Waals surface area (Å²) in [4.78, 5) is 41.2. The van der Waals surface area contributed by atoms with E-state index >= 15 is 0 Å². The fourth-order valence-electron chi connectivity index (χ4n) is 2.40. The molecule has 156 valence electrons. The minimum Gasteiger partial charge on any atom is -0.497 e. The molecule has 0 radical (unpaired) electrons. The summed E-state index contributed by atoms with van der Waals surface area (Å²) in [5.41, 5.74) is -0.999. The highest BCUT2D eigenvalue weighted by molar-refractivity contribution is 8.15.